The number of benzene rings is 1. The van der Waals surface area contributed by atoms with Crippen LogP contribution in [0.5, 0.6) is 0 Å². The number of amides is 1. The summed E-state index contributed by atoms with van der Waals surface area (Å²) in [6.45, 7) is -0.171. The Kier molecular flexibility index (Phi) is 3.97. The third-order valence-corrected chi connectivity index (χ3v) is 5.08. The second-order valence-electron chi connectivity index (χ2n) is 4.60. The molecule has 2 rings (SSSR count). The Morgan fingerprint density at radius 3 is 2.57 bits per heavy atom. The van der Waals surface area contributed by atoms with Gasteiger partial charge in [0.05, 0.1) is 12.1 Å². The third kappa shape index (κ3) is 2.88. The molecule has 0 unspecified atom stereocenters. The van der Waals surface area contributed by atoms with Crippen LogP contribution in [0.4, 0.5) is 4.39 Å². The molecule has 1 aromatic carbocycles. The number of rotatable bonds is 3. The number of piperazine rings is 1. The molecular weight excluding hydrogens is 303 g/mol. The largest absolute Gasteiger partial charge is 0.478 e. The molecule has 1 heterocycles. The number of likely N-dealkylation sites (N-methyl/N-ethyl adjacent to an activating group) is 1. The molecule has 1 saturated heterocycles. The van der Waals surface area contributed by atoms with Crippen LogP contribution in [0.15, 0.2) is 23.1 Å². The topological polar surface area (TPSA) is 95.0 Å². The summed E-state index contributed by atoms with van der Waals surface area (Å²) in [5.41, 5.74) is -0.338. The average Bonchev–Trinajstić information content (AvgIpc) is 2.41. The zero-order chi connectivity index (χ0) is 15.8. The minimum atomic E-state index is -4.26. The Morgan fingerprint density at radius 1 is 1.33 bits per heavy atom. The van der Waals surface area contributed by atoms with E-state index in [0.717, 1.165) is 22.5 Å². The van der Waals surface area contributed by atoms with Crippen LogP contribution in [0.1, 0.15) is 10.4 Å². The molecule has 1 aliphatic rings. The first kappa shape index (κ1) is 15.4. The molecule has 0 bridgehead atoms. The van der Waals surface area contributed by atoms with Gasteiger partial charge in [-0.05, 0) is 18.2 Å². The van der Waals surface area contributed by atoms with E-state index in [1.807, 2.05) is 0 Å². The summed E-state index contributed by atoms with van der Waals surface area (Å²) < 4.78 is 39.3. The Bertz CT molecular complexity index is 704. The second kappa shape index (κ2) is 5.41. The van der Waals surface area contributed by atoms with Crippen LogP contribution in [0, 0.1) is 5.82 Å². The summed E-state index contributed by atoms with van der Waals surface area (Å²) in [5, 5.41) is 8.86. The number of aromatic carboxylic acids is 1. The Labute approximate surface area is 120 Å². The van der Waals surface area contributed by atoms with Crippen molar-refractivity contribution in [2.45, 2.75) is 4.90 Å². The van der Waals surface area contributed by atoms with Gasteiger partial charge < -0.3 is 10.0 Å². The number of carboxylic acids is 1. The van der Waals surface area contributed by atoms with Crippen LogP contribution in [0.3, 0.4) is 0 Å². The number of halogens is 1. The standard InChI is InChI=1S/C12H13FN2O5S/c1-14-4-5-15(7-11(14)16)21(19,20)10-6-8(12(17)18)2-3-9(10)13/h2-3,6H,4-5,7H2,1H3,(H,17,18). The molecule has 21 heavy (non-hydrogen) atoms. The zero-order valence-corrected chi connectivity index (χ0v) is 11.9. The Morgan fingerprint density at radius 2 is 2.00 bits per heavy atom. The van der Waals surface area contributed by atoms with E-state index < -0.39 is 39.2 Å². The minimum Gasteiger partial charge on any atom is -0.478 e. The molecule has 0 saturated carbocycles. The first-order valence-corrected chi connectivity index (χ1v) is 7.44. The van der Waals surface area contributed by atoms with E-state index in [0.29, 0.717) is 0 Å². The maximum Gasteiger partial charge on any atom is 0.335 e. The van der Waals surface area contributed by atoms with Crippen molar-refractivity contribution in [3.8, 4) is 0 Å². The minimum absolute atomic E-state index is 0.0291. The number of carbonyl (C=O) groups excluding carboxylic acids is 1. The lowest BCUT2D eigenvalue weighted by Gasteiger charge is -2.31. The third-order valence-electron chi connectivity index (χ3n) is 3.22. The van der Waals surface area contributed by atoms with Crippen LogP contribution < -0.4 is 0 Å². The van der Waals surface area contributed by atoms with Crippen molar-refractivity contribution in [1.82, 2.24) is 9.21 Å². The van der Waals surface area contributed by atoms with Gasteiger partial charge >= 0.3 is 5.97 Å². The molecule has 0 atom stereocenters. The van der Waals surface area contributed by atoms with E-state index in [2.05, 4.69) is 0 Å². The molecule has 0 radical (unpaired) electrons. The fraction of sp³-hybridized carbons (Fsp3) is 0.333. The highest BCUT2D eigenvalue weighted by molar-refractivity contribution is 7.89. The maximum absolute atomic E-state index is 13.8. The molecule has 1 aliphatic heterocycles. The number of carboxylic acid groups (broad SMARTS) is 1. The van der Waals surface area contributed by atoms with Crippen LogP contribution >= 0.6 is 0 Å². The van der Waals surface area contributed by atoms with E-state index in [1.54, 1.807) is 0 Å². The highest BCUT2D eigenvalue weighted by Crippen LogP contribution is 2.22. The van der Waals surface area contributed by atoms with Crippen molar-refractivity contribution >= 4 is 21.9 Å². The number of hydrogen-bond donors (Lipinski definition) is 1. The lowest BCUT2D eigenvalue weighted by molar-refractivity contribution is -0.132. The van der Waals surface area contributed by atoms with Gasteiger partial charge in [-0.2, -0.15) is 4.31 Å². The van der Waals surface area contributed by atoms with Crippen molar-refractivity contribution in [2.24, 2.45) is 0 Å². The Balaban J connectivity index is 2.42. The molecule has 0 aliphatic carbocycles. The van der Waals surface area contributed by atoms with Crippen LogP contribution in [0.25, 0.3) is 0 Å². The van der Waals surface area contributed by atoms with E-state index in [9.17, 15) is 22.4 Å². The van der Waals surface area contributed by atoms with Gasteiger partial charge in [-0.3, -0.25) is 4.79 Å². The van der Waals surface area contributed by atoms with E-state index >= 15 is 0 Å². The zero-order valence-electron chi connectivity index (χ0n) is 11.1. The lowest BCUT2D eigenvalue weighted by atomic mass is 10.2. The van der Waals surface area contributed by atoms with Gasteiger partial charge in [0.25, 0.3) is 0 Å². The fourth-order valence-electron chi connectivity index (χ4n) is 1.92. The number of sulfonamides is 1. The molecule has 114 valence electrons. The number of hydrogen-bond acceptors (Lipinski definition) is 4. The van der Waals surface area contributed by atoms with Crippen LogP contribution in [-0.4, -0.2) is 61.3 Å². The van der Waals surface area contributed by atoms with Crippen LogP contribution in [0.2, 0.25) is 0 Å². The fourth-order valence-corrected chi connectivity index (χ4v) is 3.39. The van der Waals surface area contributed by atoms with Gasteiger partial charge in [0.2, 0.25) is 15.9 Å². The maximum atomic E-state index is 13.8. The quantitative estimate of drug-likeness (QED) is 0.846. The highest BCUT2D eigenvalue weighted by Gasteiger charge is 2.33. The molecular formula is C12H13FN2O5S. The van der Waals surface area contributed by atoms with E-state index in [-0.39, 0.29) is 18.7 Å². The predicted octanol–water partition coefficient (Wildman–Crippen LogP) is -0.0134. The molecule has 1 aromatic rings. The molecule has 0 spiro atoms. The van der Waals surface area contributed by atoms with Crippen molar-refractivity contribution in [2.75, 3.05) is 26.7 Å². The van der Waals surface area contributed by atoms with E-state index in [1.165, 1.54) is 11.9 Å². The first-order chi connectivity index (χ1) is 9.73. The SMILES string of the molecule is CN1CCN(S(=O)(=O)c2cc(C(=O)O)ccc2F)CC1=O. The van der Waals surface area contributed by atoms with Gasteiger partial charge in [0, 0.05) is 20.1 Å². The summed E-state index contributed by atoms with van der Waals surface area (Å²) in [5.74, 6) is -2.81. The lowest BCUT2D eigenvalue weighted by Crippen LogP contribution is -2.50. The average molecular weight is 316 g/mol. The second-order valence-corrected chi connectivity index (χ2v) is 6.51. The van der Waals surface area contributed by atoms with Gasteiger partial charge in [-0.1, -0.05) is 0 Å². The van der Waals surface area contributed by atoms with Crippen molar-refractivity contribution in [3.63, 3.8) is 0 Å². The van der Waals surface area contributed by atoms with E-state index in [4.69, 9.17) is 5.11 Å². The molecule has 9 heteroatoms. The highest BCUT2D eigenvalue weighted by atomic mass is 32.2. The van der Waals surface area contributed by atoms with Gasteiger partial charge in [0.1, 0.15) is 10.7 Å². The van der Waals surface area contributed by atoms with Gasteiger partial charge in [-0.25, -0.2) is 17.6 Å². The van der Waals surface area contributed by atoms with Crippen molar-refractivity contribution in [1.29, 1.82) is 0 Å². The normalized spacial score (nSPS) is 17.0. The summed E-state index contributed by atoms with van der Waals surface area (Å²) in [7, 11) is -2.72. The summed E-state index contributed by atoms with van der Waals surface area (Å²) in [6.07, 6.45) is 0. The van der Waals surface area contributed by atoms with Gasteiger partial charge in [0.15, 0.2) is 0 Å². The van der Waals surface area contributed by atoms with Crippen LogP contribution in [-0.2, 0) is 14.8 Å². The monoisotopic (exact) mass is 316 g/mol. The Hall–Kier alpha value is -2.00. The molecule has 7 nitrogen and oxygen atoms in total. The summed E-state index contributed by atoms with van der Waals surface area (Å²) >= 11 is 0. The molecule has 1 amide bonds. The summed E-state index contributed by atoms with van der Waals surface area (Å²) in [4.78, 5) is 23.1. The number of carbonyl (C=O) groups is 2. The van der Waals surface area contributed by atoms with Crippen molar-refractivity contribution in [3.05, 3.63) is 29.6 Å². The molecule has 1 fully saturated rings. The molecule has 1 N–H and O–H groups in total. The number of nitrogens with zero attached hydrogens (tertiary/aromatic N) is 2. The smallest absolute Gasteiger partial charge is 0.335 e. The van der Waals surface area contributed by atoms with Crippen molar-refractivity contribution < 1.29 is 27.5 Å². The predicted molar refractivity (Wildman–Crippen MR) is 69.8 cm³/mol. The molecule has 0 aromatic heterocycles. The first-order valence-electron chi connectivity index (χ1n) is 6.00. The van der Waals surface area contributed by atoms with Gasteiger partial charge in [-0.15, -0.1) is 0 Å². The summed E-state index contributed by atoms with van der Waals surface area (Å²) in [6, 6.07) is 2.52.